The molecule has 1 saturated carbocycles. The van der Waals surface area contributed by atoms with Crippen molar-refractivity contribution in [3.63, 3.8) is 0 Å². The van der Waals surface area contributed by atoms with Gasteiger partial charge in [-0.2, -0.15) is 0 Å². The van der Waals surface area contributed by atoms with E-state index in [0.717, 1.165) is 24.8 Å². The maximum Gasteiger partial charge on any atom is 0.315 e. The molecule has 0 saturated heterocycles. The van der Waals surface area contributed by atoms with E-state index in [1.165, 1.54) is 0 Å². The quantitative estimate of drug-likeness (QED) is 0.636. The molecule has 2 rings (SSSR count). The van der Waals surface area contributed by atoms with Crippen molar-refractivity contribution < 1.29 is 14.3 Å². The second-order valence-corrected chi connectivity index (χ2v) is 6.18. The maximum atomic E-state index is 12.5. The van der Waals surface area contributed by atoms with Crippen molar-refractivity contribution in [3.8, 4) is 0 Å². The Morgan fingerprint density at radius 3 is 2.50 bits per heavy atom. The van der Waals surface area contributed by atoms with Crippen LogP contribution in [0.5, 0.6) is 0 Å². The van der Waals surface area contributed by atoms with Gasteiger partial charge in [0, 0.05) is 26.8 Å². The van der Waals surface area contributed by atoms with Gasteiger partial charge in [0.15, 0.2) is 0 Å². The number of urea groups is 1. The normalized spacial score (nSPS) is 15.7. The Labute approximate surface area is 143 Å². The number of nitrogens with one attached hydrogen (secondary N) is 3. The van der Waals surface area contributed by atoms with E-state index in [0.29, 0.717) is 32.5 Å². The fourth-order valence-electron chi connectivity index (χ4n) is 3.01. The number of carbonyl (C=O) groups is 2. The van der Waals surface area contributed by atoms with E-state index in [1.807, 2.05) is 30.3 Å². The first-order valence-corrected chi connectivity index (χ1v) is 8.53. The number of amides is 3. The molecule has 1 aromatic carbocycles. The Morgan fingerprint density at radius 1 is 1.12 bits per heavy atom. The summed E-state index contributed by atoms with van der Waals surface area (Å²) in [7, 11) is 1.64. The molecular weight excluding hydrogens is 306 g/mol. The van der Waals surface area contributed by atoms with Gasteiger partial charge in [-0.25, -0.2) is 4.79 Å². The van der Waals surface area contributed by atoms with Crippen molar-refractivity contribution in [2.75, 3.05) is 20.3 Å². The third-order valence-corrected chi connectivity index (χ3v) is 4.35. The summed E-state index contributed by atoms with van der Waals surface area (Å²) in [4.78, 5) is 24.8. The van der Waals surface area contributed by atoms with Crippen molar-refractivity contribution >= 4 is 11.9 Å². The SMILES string of the molecule is COCCCNC(=O)C1(NC(=O)NCc2ccccc2)CCCC1. The molecule has 1 aliphatic carbocycles. The fraction of sp³-hybridized carbons (Fsp3) is 0.556. The molecule has 0 radical (unpaired) electrons. The summed E-state index contributed by atoms with van der Waals surface area (Å²) in [6, 6.07) is 9.40. The summed E-state index contributed by atoms with van der Waals surface area (Å²) in [5.41, 5.74) is 0.241. The predicted octanol–water partition coefficient (Wildman–Crippen LogP) is 1.95. The standard InChI is InChI=1S/C18H27N3O3/c1-24-13-7-12-19-16(22)18(10-5-6-11-18)21-17(23)20-14-15-8-3-2-4-9-15/h2-4,8-9H,5-7,10-14H2,1H3,(H,19,22)(H2,20,21,23). The highest BCUT2D eigenvalue weighted by Crippen LogP contribution is 2.29. The minimum absolute atomic E-state index is 0.0917. The average Bonchev–Trinajstić information content (AvgIpc) is 3.07. The molecule has 1 aromatic rings. The molecule has 24 heavy (non-hydrogen) atoms. The Hall–Kier alpha value is -2.08. The minimum atomic E-state index is -0.784. The molecular formula is C18H27N3O3. The van der Waals surface area contributed by atoms with Crippen LogP contribution >= 0.6 is 0 Å². The van der Waals surface area contributed by atoms with Gasteiger partial charge in [0.1, 0.15) is 5.54 Å². The van der Waals surface area contributed by atoms with Crippen LogP contribution in [0.1, 0.15) is 37.7 Å². The minimum Gasteiger partial charge on any atom is -0.385 e. The second-order valence-electron chi connectivity index (χ2n) is 6.18. The molecule has 0 unspecified atom stereocenters. The first kappa shape index (κ1) is 18.3. The highest BCUT2D eigenvalue weighted by Gasteiger charge is 2.42. The first-order chi connectivity index (χ1) is 11.7. The number of rotatable bonds is 8. The van der Waals surface area contributed by atoms with Gasteiger partial charge < -0.3 is 20.7 Å². The fourth-order valence-corrected chi connectivity index (χ4v) is 3.01. The van der Waals surface area contributed by atoms with Crippen LogP contribution < -0.4 is 16.0 Å². The van der Waals surface area contributed by atoms with Crippen LogP contribution in [-0.2, 0) is 16.1 Å². The van der Waals surface area contributed by atoms with Gasteiger partial charge in [0.25, 0.3) is 0 Å². The monoisotopic (exact) mass is 333 g/mol. The second kappa shape index (κ2) is 9.27. The lowest BCUT2D eigenvalue weighted by atomic mass is 9.96. The van der Waals surface area contributed by atoms with Gasteiger partial charge in [0.2, 0.25) is 5.91 Å². The van der Waals surface area contributed by atoms with Crippen LogP contribution in [-0.4, -0.2) is 37.7 Å². The van der Waals surface area contributed by atoms with E-state index in [2.05, 4.69) is 16.0 Å². The molecule has 132 valence electrons. The molecule has 1 fully saturated rings. The lowest BCUT2D eigenvalue weighted by Gasteiger charge is -2.29. The van der Waals surface area contributed by atoms with Gasteiger partial charge in [0.05, 0.1) is 0 Å². The van der Waals surface area contributed by atoms with Crippen LogP contribution in [0.2, 0.25) is 0 Å². The maximum absolute atomic E-state index is 12.5. The lowest BCUT2D eigenvalue weighted by Crippen LogP contribution is -2.59. The smallest absolute Gasteiger partial charge is 0.315 e. The third-order valence-electron chi connectivity index (χ3n) is 4.35. The van der Waals surface area contributed by atoms with Crippen LogP contribution in [0.3, 0.4) is 0 Å². The van der Waals surface area contributed by atoms with Gasteiger partial charge >= 0.3 is 6.03 Å². The zero-order valence-electron chi connectivity index (χ0n) is 14.3. The first-order valence-electron chi connectivity index (χ1n) is 8.53. The number of carbonyl (C=O) groups excluding carboxylic acids is 2. The Bertz CT molecular complexity index is 528. The highest BCUT2D eigenvalue weighted by molar-refractivity contribution is 5.91. The summed E-state index contributed by atoms with van der Waals surface area (Å²) < 4.78 is 4.98. The Morgan fingerprint density at radius 2 is 1.83 bits per heavy atom. The largest absolute Gasteiger partial charge is 0.385 e. The van der Waals surface area contributed by atoms with Crippen LogP contribution in [0.25, 0.3) is 0 Å². The van der Waals surface area contributed by atoms with Gasteiger partial charge in [-0.1, -0.05) is 43.2 Å². The van der Waals surface area contributed by atoms with Crippen molar-refractivity contribution in [1.29, 1.82) is 0 Å². The topological polar surface area (TPSA) is 79.5 Å². The van der Waals surface area contributed by atoms with Crippen molar-refractivity contribution in [3.05, 3.63) is 35.9 Å². The lowest BCUT2D eigenvalue weighted by molar-refractivity contribution is -0.127. The van der Waals surface area contributed by atoms with E-state index >= 15 is 0 Å². The van der Waals surface area contributed by atoms with Crippen molar-refractivity contribution in [2.24, 2.45) is 0 Å². The Balaban J connectivity index is 1.85. The number of ether oxygens (including phenoxy) is 1. The molecule has 3 N–H and O–H groups in total. The number of methoxy groups -OCH3 is 1. The molecule has 0 bridgehead atoms. The molecule has 3 amide bonds. The van der Waals surface area contributed by atoms with Gasteiger partial charge in [-0.3, -0.25) is 4.79 Å². The summed E-state index contributed by atoms with van der Waals surface area (Å²) in [6.07, 6.45) is 4.02. The summed E-state index contributed by atoms with van der Waals surface area (Å²) in [6.45, 7) is 1.61. The third kappa shape index (κ3) is 5.23. The van der Waals surface area contributed by atoms with Crippen molar-refractivity contribution in [1.82, 2.24) is 16.0 Å². The van der Waals surface area contributed by atoms with Crippen molar-refractivity contribution in [2.45, 2.75) is 44.2 Å². The molecule has 1 aliphatic rings. The van der Waals surface area contributed by atoms with Gasteiger partial charge in [-0.05, 0) is 24.8 Å². The van der Waals surface area contributed by atoms with Crippen LogP contribution in [0, 0.1) is 0 Å². The molecule has 0 heterocycles. The zero-order chi connectivity index (χ0) is 17.3. The van der Waals surface area contributed by atoms with E-state index in [9.17, 15) is 9.59 Å². The summed E-state index contributed by atoms with van der Waals surface area (Å²) >= 11 is 0. The number of benzene rings is 1. The van der Waals surface area contributed by atoms with Crippen LogP contribution in [0.15, 0.2) is 30.3 Å². The van der Waals surface area contributed by atoms with Crippen LogP contribution in [0.4, 0.5) is 4.79 Å². The molecule has 6 heteroatoms. The van der Waals surface area contributed by atoms with E-state index < -0.39 is 5.54 Å². The number of hydrogen-bond acceptors (Lipinski definition) is 3. The van der Waals surface area contributed by atoms with E-state index in [4.69, 9.17) is 4.74 Å². The molecule has 6 nitrogen and oxygen atoms in total. The predicted molar refractivity (Wildman–Crippen MR) is 92.5 cm³/mol. The van der Waals surface area contributed by atoms with Gasteiger partial charge in [-0.15, -0.1) is 0 Å². The molecule has 0 atom stereocenters. The average molecular weight is 333 g/mol. The zero-order valence-corrected chi connectivity index (χ0v) is 14.3. The van der Waals surface area contributed by atoms with E-state index in [1.54, 1.807) is 7.11 Å². The molecule has 0 spiro atoms. The summed E-state index contributed by atoms with van der Waals surface area (Å²) in [5, 5.41) is 8.66. The highest BCUT2D eigenvalue weighted by atomic mass is 16.5. The Kier molecular flexibility index (Phi) is 7.06. The summed E-state index contributed by atoms with van der Waals surface area (Å²) in [5.74, 6) is -0.0917. The van der Waals surface area contributed by atoms with E-state index in [-0.39, 0.29) is 11.9 Å². The number of hydrogen-bond donors (Lipinski definition) is 3. The molecule has 0 aliphatic heterocycles. The molecule has 0 aromatic heterocycles.